The molecule has 0 saturated heterocycles. The Morgan fingerprint density at radius 1 is 1.33 bits per heavy atom. The van der Waals surface area contributed by atoms with E-state index in [1.165, 1.54) is 18.4 Å². The van der Waals surface area contributed by atoms with Crippen molar-refractivity contribution in [1.29, 1.82) is 0 Å². The van der Waals surface area contributed by atoms with Crippen molar-refractivity contribution in [3.05, 3.63) is 35.9 Å². The van der Waals surface area contributed by atoms with Crippen LogP contribution in [-0.2, 0) is 0 Å². The molecule has 1 nitrogen and oxygen atoms in total. The second-order valence-electron chi connectivity index (χ2n) is 2.86. The van der Waals surface area contributed by atoms with Gasteiger partial charge in [-0.15, -0.1) is 0 Å². The Balaban J connectivity index is 2.66. The predicted octanol–water partition coefficient (Wildman–Crippen LogP) is 3.47. The molecule has 0 aliphatic carbocycles. The van der Waals surface area contributed by atoms with Crippen LogP contribution in [0.4, 0.5) is 0 Å². The Morgan fingerprint density at radius 3 is 2.50 bits per heavy atom. The van der Waals surface area contributed by atoms with Gasteiger partial charge in [0.25, 0.3) is 0 Å². The summed E-state index contributed by atoms with van der Waals surface area (Å²) in [5.41, 5.74) is 1.38. The Morgan fingerprint density at radius 2 is 2.00 bits per heavy atom. The molecule has 66 valence electrons. The van der Waals surface area contributed by atoms with E-state index in [-0.39, 0.29) is 0 Å². The first kappa shape index (κ1) is 9.99. The summed E-state index contributed by atoms with van der Waals surface area (Å²) in [6.07, 6.45) is 2.42. The minimum Gasteiger partial charge on any atom is -0.254 e. The summed E-state index contributed by atoms with van der Waals surface area (Å²) in [5, 5.41) is 0. The number of nitrogens with one attached hydrogen (secondary N) is 1. The first-order valence-electron chi connectivity index (χ1n) is 4.29. The molecular weight excluding hydrogens is 261 g/mol. The van der Waals surface area contributed by atoms with Crippen LogP contribution in [-0.4, -0.2) is 0 Å². The molecule has 0 amide bonds. The molecule has 0 saturated carbocycles. The summed E-state index contributed by atoms with van der Waals surface area (Å²) in [6, 6.07) is 11.1. The van der Waals surface area contributed by atoms with Crippen LogP contribution in [0.3, 0.4) is 0 Å². The zero-order valence-electron chi connectivity index (χ0n) is 7.26. The maximum absolute atomic E-state index is 3.29. The van der Waals surface area contributed by atoms with Gasteiger partial charge in [-0.25, -0.2) is 0 Å². The van der Waals surface area contributed by atoms with Gasteiger partial charge in [-0.3, -0.25) is 3.53 Å². The molecule has 1 atom stereocenters. The van der Waals surface area contributed by atoms with E-state index in [4.69, 9.17) is 0 Å². The predicted molar refractivity (Wildman–Crippen MR) is 61.2 cm³/mol. The van der Waals surface area contributed by atoms with E-state index in [1.54, 1.807) is 0 Å². The molecule has 0 spiro atoms. The van der Waals surface area contributed by atoms with Crippen molar-refractivity contribution in [3.8, 4) is 0 Å². The van der Waals surface area contributed by atoms with Crippen molar-refractivity contribution in [3.63, 3.8) is 0 Å². The molecule has 12 heavy (non-hydrogen) atoms. The van der Waals surface area contributed by atoms with Crippen molar-refractivity contribution in [2.75, 3.05) is 0 Å². The minimum atomic E-state index is 0.511. The molecule has 1 rings (SSSR count). The van der Waals surface area contributed by atoms with Gasteiger partial charge in [-0.05, 0) is 12.0 Å². The van der Waals surface area contributed by atoms with Gasteiger partial charge in [0.05, 0.1) is 0 Å². The average molecular weight is 275 g/mol. The van der Waals surface area contributed by atoms with Crippen LogP contribution in [0.5, 0.6) is 0 Å². The molecule has 1 N–H and O–H groups in total. The van der Waals surface area contributed by atoms with Gasteiger partial charge >= 0.3 is 0 Å². The number of benzene rings is 1. The zero-order chi connectivity index (χ0) is 8.81. The van der Waals surface area contributed by atoms with E-state index in [0.29, 0.717) is 6.04 Å². The lowest BCUT2D eigenvalue weighted by atomic mass is 10.0. The van der Waals surface area contributed by atoms with Crippen LogP contribution in [0.25, 0.3) is 0 Å². The lowest BCUT2D eigenvalue weighted by Gasteiger charge is -2.13. The van der Waals surface area contributed by atoms with Crippen LogP contribution in [0.2, 0.25) is 0 Å². The molecule has 0 aliphatic rings. The third kappa shape index (κ3) is 2.75. The fourth-order valence-corrected chi connectivity index (χ4v) is 1.93. The zero-order valence-corrected chi connectivity index (χ0v) is 9.41. The topological polar surface area (TPSA) is 12.0 Å². The smallest absolute Gasteiger partial charge is 0.0413 e. The molecule has 0 aromatic heterocycles. The SMILES string of the molecule is CCCC(NI)c1ccccc1. The summed E-state index contributed by atoms with van der Waals surface area (Å²) in [6.45, 7) is 2.21. The fraction of sp³-hybridized carbons (Fsp3) is 0.400. The van der Waals surface area contributed by atoms with Crippen molar-refractivity contribution >= 4 is 22.9 Å². The van der Waals surface area contributed by atoms with Crippen molar-refractivity contribution < 1.29 is 0 Å². The highest BCUT2D eigenvalue weighted by atomic mass is 127. The van der Waals surface area contributed by atoms with Gasteiger partial charge in [-0.2, -0.15) is 0 Å². The lowest BCUT2D eigenvalue weighted by molar-refractivity contribution is 0.616. The molecule has 0 fully saturated rings. The highest BCUT2D eigenvalue weighted by Gasteiger charge is 2.06. The second-order valence-corrected chi connectivity index (χ2v) is 3.48. The van der Waals surface area contributed by atoms with E-state index in [0.717, 1.165) is 0 Å². The summed E-state index contributed by atoms with van der Waals surface area (Å²) in [5.74, 6) is 0. The van der Waals surface area contributed by atoms with Crippen LogP contribution in [0.15, 0.2) is 30.3 Å². The number of hydrogen-bond acceptors (Lipinski definition) is 1. The summed E-state index contributed by atoms with van der Waals surface area (Å²) in [4.78, 5) is 0. The molecule has 0 radical (unpaired) electrons. The average Bonchev–Trinajstić information content (AvgIpc) is 2.15. The van der Waals surface area contributed by atoms with Crippen LogP contribution in [0, 0.1) is 0 Å². The Kier molecular flexibility index (Phi) is 4.61. The quantitative estimate of drug-likeness (QED) is 0.655. The normalized spacial score (nSPS) is 12.8. The van der Waals surface area contributed by atoms with Crippen LogP contribution < -0.4 is 3.53 Å². The van der Waals surface area contributed by atoms with E-state index in [2.05, 4.69) is 63.7 Å². The van der Waals surface area contributed by atoms with E-state index in [9.17, 15) is 0 Å². The second kappa shape index (κ2) is 5.54. The van der Waals surface area contributed by atoms with Crippen molar-refractivity contribution in [2.24, 2.45) is 0 Å². The van der Waals surface area contributed by atoms with Gasteiger partial charge in [0, 0.05) is 28.9 Å². The molecule has 1 unspecified atom stereocenters. The summed E-state index contributed by atoms with van der Waals surface area (Å²) < 4.78 is 3.29. The number of rotatable bonds is 4. The summed E-state index contributed by atoms with van der Waals surface area (Å²) >= 11 is 2.23. The number of halogens is 1. The van der Waals surface area contributed by atoms with Gasteiger partial charge < -0.3 is 0 Å². The molecule has 0 heterocycles. The maximum Gasteiger partial charge on any atom is 0.0413 e. The van der Waals surface area contributed by atoms with Crippen molar-refractivity contribution in [1.82, 2.24) is 3.53 Å². The number of hydrogen-bond donors (Lipinski definition) is 1. The molecule has 0 bridgehead atoms. The van der Waals surface area contributed by atoms with Gasteiger partial charge in [-0.1, -0.05) is 43.7 Å². The molecule has 0 aliphatic heterocycles. The first-order chi connectivity index (χ1) is 5.88. The monoisotopic (exact) mass is 275 g/mol. The fourth-order valence-electron chi connectivity index (χ4n) is 1.26. The van der Waals surface area contributed by atoms with E-state index in [1.807, 2.05) is 0 Å². The molecule has 1 aromatic carbocycles. The van der Waals surface area contributed by atoms with Crippen LogP contribution in [0.1, 0.15) is 31.4 Å². The van der Waals surface area contributed by atoms with E-state index >= 15 is 0 Å². The van der Waals surface area contributed by atoms with Gasteiger partial charge in [0.2, 0.25) is 0 Å². The highest BCUT2D eigenvalue weighted by molar-refractivity contribution is 14.1. The Labute approximate surface area is 88.1 Å². The first-order valence-corrected chi connectivity index (χ1v) is 5.37. The largest absolute Gasteiger partial charge is 0.254 e. The lowest BCUT2D eigenvalue weighted by Crippen LogP contribution is -2.09. The van der Waals surface area contributed by atoms with Gasteiger partial charge in [0.1, 0.15) is 0 Å². The molecule has 1 aromatic rings. The summed E-state index contributed by atoms with van der Waals surface area (Å²) in [7, 11) is 0. The molecular formula is C10H14IN. The van der Waals surface area contributed by atoms with Crippen molar-refractivity contribution in [2.45, 2.75) is 25.8 Å². The standard InChI is InChI=1S/C10H14IN/c1-2-6-10(12-11)9-7-4-3-5-8-9/h3-5,7-8,10,12H,2,6H2,1H3. The third-order valence-electron chi connectivity index (χ3n) is 1.91. The maximum atomic E-state index is 3.29. The highest BCUT2D eigenvalue weighted by Crippen LogP contribution is 2.18. The van der Waals surface area contributed by atoms with Crippen LogP contribution >= 0.6 is 22.9 Å². The van der Waals surface area contributed by atoms with E-state index < -0.39 is 0 Å². The Bertz CT molecular complexity index is 210. The van der Waals surface area contributed by atoms with Gasteiger partial charge in [0.15, 0.2) is 0 Å². The molecule has 2 heteroatoms. The Hall–Kier alpha value is -0.0900. The minimum absolute atomic E-state index is 0.511. The third-order valence-corrected chi connectivity index (χ3v) is 2.66.